The Kier molecular flexibility index (Phi) is 7.60. The lowest BCUT2D eigenvalue weighted by Crippen LogP contribution is -2.27. The number of amides is 1. The third-order valence-corrected chi connectivity index (χ3v) is 5.65. The van der Waals surface area contributed by atoms with Crippen LogP contribution in [0.4, 0.5) is 0 Å². The topological polar surface area (TPSA) is 60.5 Å². The van der Waals surface area contributed by atoms with Gasteiger partial charge in [0.2, 0.25) is 0 Å². The Bertz CT molecular complexity index is 1010. The molecule has 1 heterocycles. The number of nitrogens with zero attached hydrogens (tertiary/aromatic N) is 1. The number of ether oxygens (including phenoxy) is 2. The van der Waals surface area contributed by atoms with E-state index in [1.54, 1.807) is 43.4 Å². The van der Waals surface area contributed by atoms with E-state index in [1.807, 2.05) is 49.6 Å². The Morgan fingerprint density at radius 1 is 1.13 bits per heavy atom. The van der Waals surface area contributed by atoms with Gasteiger partial charge in [0.1, 0.15) is 6.61 Å². The number of methoxy groups -OCH3 is 1. The largest absolute Gasteiger partial charge is 0.493 e. The summed E-state index contributed by atoms with van der Waals surface area (Å²) in [6.45, 7) is 2.32. The normalized spacial score (nSPS) is 11.6. The predicted octanol–water partition coefficient (Wildman–Crippen LogP) is 5.54. The summed E-state index contributed by atoms with van der Waals surface area (Å²) in [5.74, 6) is 1.01. The molecule has 5 nitrogen and oxygen atoms in total. The Morgan fingerprint density at radius 2 is 1.90 bits per heavy atom. The van der Waals surface area contributed by atoms with Crippen molar-refractivity contribution in [2.24, 2.45) is 0 Å². The molecule has 0 aliphatic heterocycles. The Labute approximate surface area is 185 Å². The molecule has 0 aliphatic carbocycles. The summed E-state index contributed by atoms with van der Waals surface area (Å²) in [6.07, 6.45) is 5.41. The van der Waals surface area contributed by atoms with Gasteiger partial charge in [-0.25, -0.2) is 0 Å². The quantitative estimate of drug-likeness (QED) is 0.464. The van der Waals surface area contributed by atoms with Crippen LogP contribution in [0.25, 0.3) is 0 Å². The zero-order valence-corrected chi connectivity index (χ0v) is 18.6. The van der Waals surface area contributed by atoms with Crippen molar-refractivity contribution < 1.29 is 14.3 Å². The van der Waals surface area contributed by atoms with E-state index in [9.17, 15) is 4.79 Å². The number of rotatable bonds is 8. The Morgan fingerprint density at radius 3 is 2.60 bits per heavy atom. The number of benzene rings is 2. The smallest absolute Gasteiger partial charge is 0.253 e. The SMILES string of the molecule is COc1cc(C(C)NC(=O)c2cc(SC)ccc2Cl)ccc1OCc1ccncc1. The number of hydrogen-bond donors (Lipinski definition) is 1. The van der Waals surface area contributed by atoms with Crippen LogP contribution in [0.5, 0.6) is 11.5 Å². The van der Waals surface area contributed by atoms with E-state index >= 15 is 0 Å². The predicted molar refractivity (Wildman–Crippen MR) is 121 cm³/mol. The minimum atomic E-state index is -0.241. The molecule has 156 valence electrons. The average molecular weight is 443 g/mol. The third kappa shape index (κ3) is 5.46. The zero-order valence-electron chi connectivity index (χ0n) is 17.0. The molecule has 3 rings (SSSR count). The lowest BCUT2D eigenvalue weighted by Gasteiger charge is -2.18. The van der Waals surface area contributed by atoms with E-state index < -0.39 is 0 Å². The number of thioether (sulfide) groups is 1. The summed E-state index contributed by atoms with van der Waals surface area (Å²) < 4.78 is 11.4. The summed E-state index contributed by atoms with van der Waals surface area (Å²) in [4.78, 5) is 17.7. The third-order valence-electron chi connectivity index (χ3n) is 4.60. The molecule has 0 saturated heterocycles. The van der Waals surface area contributed by atoms with Crippen LogP contribution < -0.4 is 14.8 Å². The van der Waals surface area contributed by atoms with E-state index in [1.165, 1.54) is 0 Å². The van der Waals surface area contributed by atoms with Crippen molar-refractivity contribution in [3.05, 3.63) is 82.6 Å². The first-order chi connectivity index (χ1) is 14.5. The fraction of sp³-hybridized carbons (Fsp3) is 0.217. The van der Waals surface area contributed by atoms with Crippen molar-refractivity contribution in [2.45, 2.75) is 24.5 Å². The highest BCUT2D eigenvalue weighted by Gasteiger charge is 2.17. The highest BCUT2D eigenvalue weighted by molar-refractivity contribution is 7.98. The first-order valence-corrected chi connectivity index (χ1v) is 11.0. The number of aromatic nitrogens is 1. The van der Waals surface area contributed by atoms with Crippen molar-refractivity contribution in [1.82, 2.24) is 10.3 Å². The first-order valence-electron chi connectivity index (χ1n) is 9.36. The van der Waals surface area contributed by atoms with Crippen LogP contribution in [0, 0.1) is 0 Å². The van der Waals surface area contributed by atoms with Crippen LogP contribution in [-0.2, 0) is 6.61 Å². The second kappa shape index (κ2) is 10.4. The van der Waals surface area contributed by atoms with E-state index in [2.05, 4.69) is 10.3 Å². The van der Waals surface area contributed by atoms with Gasteiger partial charge in [-0.1, -0.05) is 17.7 Å². The van der Waals surface area contributed by atoms with Crippen LogP contribution in [-0.4, -0.2) is 24.3 Å². The van der Waals surface area contributed by atoms with Gasteiger partial charge >= 0.3 is 0 Å². The average Bonchev–Trinajstić information content (AvgIpc) is 2.78. The molecule has 1 aromatic heterocycles. The second-order valence-electron chi connectivity index (χ2n) is 6.60. The molecular formula is C23H23ClN2O3S. The maximum atomic E-state index is 12.7. The number of hydrogen-bond acceptors (Lipinski definition) is 5. The summed E-state index contributed by atoms with van der Waals surface area (Å²) in [5, 5.41) is 3.42. The standard InChI is InChI=1S/C23H23ClN2O3S/c1-15(26-23(27)19-13-18(30-3)5-6-20(19)24)17-4-7-21(22(12-17)28-2)29-14-16-8-10-25-11-9-16/h4-13,15H,14H2,1-3H3,(H,26,27). The molecule has 1 atom stereocenters. The van der Waals surface area contributed by atoms with Crippen LogP contribution in [0.2, 0.25) is 5.02 Å². The highest BCUT2D eigenvalue weighted by Crippen LogP contribution is 2.31. The molecule has 30 heavy (non-hydrogen) atoms. The molecule has 0 radical (unpaired) electrons. The van der Waals surface area contributed by atoms with E-state index in [4.69, 9.17) is 21.1 Å². The molecule has 1 amide bonds. The van der Waals surface area contributed by atoms with Crippen LogP contribution in [0.1, 0.15) is 34.5 Å². The second-order valence-corrected chi connectivity index (χ2v) is 7.88. The van der Waals surface area contributed by atoms with E-state index in [0.717, 1.165) is 16.0 Å². The minimum Gasteiger partial charge on any atom is -0.493 e. The highest BCUT2D eigenvalue weighted by atomic mass is 35.5. The van der Waals surface area contributed by atoms with Gasteiger partial charge in [0.05, 0.1) is 23.7 Å². The maximum absolute atomic E-state index is 12.7. The Hall–Kier alpha value is -2.70. The monoisotopic (exact) mass is 442 g/mol. The zero-order chi connectivity index (χ0) is 21.5. The van der Waals surface area contributed by atoms with Crippen LogP contribution >= 0.6 is 23.4 Å². The molecule has 1 N–H and O–H groups in total. The molecule has 0 aliphatic rings. The molecule has 0 bridgehead atoms. The molecule has 0 fully saturated rings. The molecule has 0 spiro atoms. The van der Waals surface area contributed by atoms with Crippen molar-refractivity contribution in [3.8, 4) is 11.5 Å². The molecule has 1 unspecified atom stereocenters. The summed E-state index contributed by atoms with van der Waals surface area (Å²) in [6, 6.07) is 14.6. The van der Waals surface area contributed by atoms with Gasteiger partial charge in [0, 0.05) is 17.3 Å². The van der Waals surface area contributed by atoms with Crippen molar-refractivity contribution in [3.63, 3.8) is 0 Å². The van der Waals surface area contributed by atoms with Crippen LogP contribution in [0.15, 0.2) is 65.8 Å². The van der Waals surface area contributed by atoms with Gasteiger partial charge in [-0.3, -0.25) is 9.78 Å². The lowest BCUT2D eigenvalue weighted by atomic mass is 10.1. The van der Waals surface area contributed by atoms with Gasteiger partial charge in [0.15, 0.2) is 11.5 Å². The van der Waals surface area contributed by atoms with Crippen LogP contribution in [0.3, 0.4) is 0 Å². The molecule has 2 aromatic carbocycles. The molecule has 3 aromatic rings. The summed E-state index contributed by atoms with van der Waals surface area (Å²) in [7, 11) is 1.59. The van der Waals surface area contributed by atoms with Crippen molar-refractivity contribution in [1.29, 1.82) is 0 Å². The molecule has 7 heteroatoms. The van der Waals surface area contributed by atoms with Gasteiger partial charge in [-0.2, -0.15) is 0 Å². The molecular weight excluding hydrogens is 420 g/mol. The van der Waals surface area contributed by atoms with Crippen molar-refractivity contribution in [2.75, 3.05) is 13.4 Å². The molecule has 0 saturated carbocycles. The first kappa shape index (κ1) is 22.0. The minimum absolute atomic E-state index is 0.222. The van der Waals surface area contributed by atoms with Gasteiger partial charge in [0.25, 0.3) is 5.91 Å². The number of pyridine rings is 1. The van der Waals surface area contributed by atoms with Gasteiger partial charge in [-0.05, 0) is 66.8 Å². The van der Waals surface area contributed by atoms with Gasteiger partial charge in [-0.15, -0.1) is 11.8 Å². The van der Waals surface area contributed by atoms with Gasteiger partial charge < -0.3 is 14.8 Å². The van der Waals surface area contributed by atoms with E-state index in [0.29, 0.717) is 28.7 Å². The number of nitrogens with one attached hydrogen (secondary N) is 1. The lowest BCUT2D eigenvalue weighted by molar-refractivity contribution is 0.0939. The Balaban J connectivity index is 1.71. The fourth-order valence-electron chi connectivity index (χ4n) is 2.88. The fourth-order valence-corrected chi connectivity index (χ4v) is 3.52. The van der Waals surface area contributed by atoms with E-state index in [-0.39, 0.29) is 11.9 Å². The maximum Gasteiger partial charge on any atom is 0.253 e. The summed E-state index contributed by atoms with van der Waals surface area (Å²) in [5.41, 5.74) is 2.37. The van der Waals surface area contributed by atoms with Crippen molar-refractivity contribution >= 4 is 29.3 Å². The number of halogens is 1. The number of carbonyl (C=O) groups is 1. The summed E-state index contributed by atoms with van der Waals surface area (Å²) >= 11 is 7.78. The number of carbonyl (C=O) groups excluding carboxylic acids is 1.